The van der Waals surface area contributed by atoms with E-state index in [0.717, 1.165) is 16.7 Å². The molecular weight excluding hydrogens is 373 g/mol. The number of hydrogen-bond donors (Lipinski definition) is 3. The number of aliphatic hydroxyl groups excluding tert-OH is 1. The zero-order valence-corrected chi connectivity index (χ0v) is 16.4. The van der Waals surface area contributed by atoms with E-state index in [1.165, 1.54) is 7.11 Å². The van der Waals surface area contributed by atoms with Crippen molar-refractivity contribution < 1.29 is 24.1 Å². The number of rotatable bonds is 9. The fraction of sp³-hybridized carbons (Fsp3) is 0.389. The SMILES string of the molecule is CO[C@H](O)C(C)NC(=O)[C@H](Cc1ccc(-c2ccsc2)cc1)C[P+](=O)O. The minimum atomic E-state index is -2.45. The average molecular weight is 396 g/mol. The van der Waals surface area contributed by atoms with Gasteiger partial charge in [0.25, 0.3) is 0 Å². The molecule has 0 fully saturated rings. The van der Waals surface area contributed by atoms with E-state index in [9.17, 15) is 19.4 Å². The molecule has 0 saturated carbocycles. The number of thiophene rings is 1. The van der Waals surface area contributed by atoms with Crippen molar-refractivity contribution in [3.8, 4) is 11.1 Å². The van der Waals surface area contributed by atoms with Crippen LogP contribution < -0.4 is 5.32 Å². The van der Waals surface area contributed by atoms with Crippen molar-refractivity contribution >= 4 is 25.3 Å². The number of aliphatic hydroxyl groups is 1. The summed E-state index contributed by atoms with van der Waals surface area (Å²) in [6, 6.07) is 9.21. The molecule has 0 spiro atoms. The summed E-state index contributed by atoms with van der Waals surface area (Å²) < 4.78 is 16.1. The zero-order valence-electron chi connectivity index (χ0n) is 14.7. The summed E-state index contributed by atoms with van der Waals surface area (Å²) in [6.07, 6.45) is -0.927. The molecule has 2 aromatic rings. The number of benzene rings is 1. The van der Waals surface area contributed by atoms with Crippen LogP contribution in [0.2, 0.25) is 0 Å². The molecule has 0 radical (unpaired) electrons. The lowest BCUT2D eigenvalue weighted by atomic mass is 9.98. The number of carbonyl (C=O) groups excluding carboxylic acids is 1. The van der Waals surface area contributed by atoms with E-state index in [1.807, 2.05) is 35.7 Å². The van der Waals surface area contributed by atoms with Gasteiger partial charge in [-0.3, -0.25) is 4.79 Å². The highest BCUT2D eigenvalue weighted by Crippen LogP contribution is 2.25. The molecule has 0 saturated heterocycles. The number of nitrogens with one attached hydrogen (secondary N) is 1. The van der Waals surface area contributed by atoms with Crippen molar-refractivity contribution in [1.82, 2.24) is 5.32 Å². The van der Waals surface area contributed by atoms with Gasteiger partial charge >= 0.3 is 8.03 Å². The van der Waals surface area contributed by atoms with E-state index in [0.29, 0.717) is 6.42 Å². The summed E-state index contributed by atoms with van der Waals surface area (Å²) in [5.41, 5.74) is 3.12. The molecule has 3 N–H and O–H groups in total. The van der Waals surface area contributed by atoms with E-state index < -0.39 is 26.3 Å². The molecule has 4 atom stereocenters. The molecule has 140 valence electrons. The summed E-state index contributed by atoms with van der Waals surface area (Å²) in [7, 11) is -1.11. The summed E-state index contributed by atoms with van der Waals surface area (Å²) in [5.74, 6) is -1.05. The number of methoxy groups -OCH3 is 1. The van der Waals surface area contributed by atoms with Crippen molar-refractivity contribution in [3.05, 3.63) is 46.7 Å². The minimum absolute atomic E-state index is 0.136. The molecule has 6 nitrogen and oxygen atoms in total. The van der Waals surface area contributed by atoms with Gasteiger partial charge in [0.2, 0.25) is 5.91 Å². The molecular formula is C18H23NO5PS+. The van der Waals surface area contributed by atoms with Crippen LogP contribution in [-0.2, 0) is 20.5 Å². The standard InChI is InChI=1S/C18H22NO5PS/c1-12(18(21)24-2)19-17(20)16(10-25(22)23)9-13-3-5-14(6-4-13)15-7-8-26-11-15/h3-8,11-12,16,18,21H,9-10H2,1-2H3,(H-,19,20,22,23)/p+1/t12?,16-,18+/m1/s1. The van der Waals surface area contributed by atoms with Crippen LogP contribution in [0.15, 0.2) is 41.1 Å². The van der Waals surface area contributed by atoms with Crippen molar-refractivity contribution in [2.45, 2.75) is 25.7 Å². The van der Waals surface area contributed by atoms with Crippen LogP contribution >= 0.6 is 19.4 Å². The largest absolute Gasteiger partial charge is 0.506 e. The molecule has 0 bridgehead atoms. The topological polar surface area (TPSA) is 95.9 Å². The lowest BCUT2D eigenvalue weighted by Crippen LogP contribution is -2.45. The molecule has 0 aliphatic rings. The van der Waals surface area contributed by atoms with Gasteiger partial charge in [-0.15, -0.1) is 0 Å². The van der Waals surface area contributed by atoms with E-state index >= 15 is 0 Å². The van der Waals surface area contributed by atoms with Gasteiger partial charge < -0.3 is 15.2 Å². The van der Waals surface area contributed by atoms with Gasteiger partial charge in [0.1, 0.15) is 0 Å². The Morgan fingerprint density at radius 3 is 2.50 bits per heavy atom. The molecule has 1 aromatic heterocycles. The molecule has 26 heavy (non-hydrogen) atoms. The summed E-state index contributed by atoms with van der Waals surface area (Å²) >= 11 is 1.63. The van der Waals surface area contributed by atoms with Gasteiger partial charge in [-0.2, -0.15) is 16.2 Å². The molecule has 0 aliphatic heterocycles. The van der Waals surface area contributed by atoms with Gasteiger partial charge in [-0.25, -0.2) is 0 Å². The maximum absolute atomic E-state index is 12.5. The van der Waals surface area contributed by atoms with Gasteiger partial charge in [0, 0.05) is 7.11 Å². The van der Waals surface area contributed by atoms with Crippen LogP contribution in [-0.4, -0.2) is 41.5 Å². The van der Waals surface area contributed by atoms with Crippen molar-refractivity contribution in [2.24, 2.45) is 5.92 Å². The zero-order chi connectivity index (χ0) is 19.1. The Balaban J connectivity index is 2.07. The van der Waals surface area contributed by atoms with Crippen LogP contribution in [0.3, 0.4) is 0 Å². The highest BCUT2D eigenvalue weighted by Gasteiger charge is 2.30. The van der Waals surface area contributed by atoms with Gasteiger partial charge in [0.05, 0.1) is 12.0 Å². The van der Waals surface area contributed by atoms with Crippen LogP contribution in [0.25, 0.3) is 11.1 Å². The summed E-state index contributed by atoms with van der Waals surface area (Å²) in [6.45, 7) is 1.61. The summed E-state index contributed by atoms with van der Waals surface area (Å²) in [5, 5.41) is 16.3. The molecule has 8 heteroatoms. The number of carbonyl (C=O) groups is 1. The average Bonchev–Trinajstić information content (AvgIpc) is 3.15. The molecule has 1 amide bonds. The van der Waals surface area contributed by atoms with Crippen LogP contribution in [0.4, 0.5) is 0 Å². The number of hydrogen-bond acceptors (Lipinski definition) is 5. The molecule has 2 rings (SSSR count). The number of amides is 1. The first-order valence-corrected chi connectivity index (χ1v) is 10.5. The third kappa shape index (κ3) is 5.97. The second-order valence-electron chi connectivity index (χ2n) is 6.07. The second kappa shape index (κ2) is 9.90. The fourth-order valence-electron chi connectivity index (χ4n) is 2.59. The first kappa shape index (κ1) is 20.7. The smallest absolute Gasteiger partial charge is 0.366 e. The van der Waals surface area contributed by atoms with Crippen molar-refractivity contribution in [3.63, 3.8) is 0 Å². The van der Waals surface area contributed by atoms with E-state index in [-0.39, 0.29) is 12.1 Å². The fourth-order valence-corrected chi connectivity index (χ4v) is 3.93. The minimum Gasteiger partial charge on any atom is -0.366 e. The normalized spacial score (nSPS) is 15.2. The van der Waals surface area contributed by atoms with E-state index in [1.54, 1.807) is 18.3 Å². The van der Waals surface area contributed by atoms with Gasteiger partial charge in [0.15, 0.2) is 12.5 Å². The van der Waals surface area contributed by atoms with Gasteiger partial charge in [-0.05, 0) is 51.4 Å². The lowest BCUT2D eigenvalue weighted by molar-refractivity contribution is -0.132. The Morgan fingerprint density at radius 1 is 1.27 bits per heavy atom. The van der Waals surface area contributed by atoms with Crippen molar-refractivity contribution in [2.75, 3.05) is 13.3 Å². The summed E-state index contributed by atoms with van der Waals surface area (Å²) in [4.78, 5) is 21.7. The lowest BCUT2D eigenvalue weighted by Gasteiger charge is -2.21. The monoisotopic (exact) mass is 396 g/mol. The predicted molar refractivity (Wildman–Crippen MR) is 102 cm³/mol. The van der Waals surface area contributed by atoms with Crippen LogP contribution in [0, 0.1) is 5.92 Å². The Bertz CT molecular complexity index is 720. The molecule has 0 aliphatic carbocycles. The van der Waals surface area contributed by atoms with Crippen LogP contribution in [0.5, 0.6) is 0 Å². The first-order valence-electron chi connectivity index (χ1n) is 8.17. The van der Waals surface area contributed by atoms with Crippen LogP contribution in [0.1, 0.15) is 12.5 Å². The molecule has 2 unspecified atom stereocenters. The van der Waals surface area contributed by atoms with E-state index in [2.05, 4.69) is 10.7 Å². The molecule has 1 aromatic carbocycles. The first-order chi connectivity index (χ1) is 12.4. The highest BCUT2D eigenvalue weighted by molar-refractivity contribution is 7.38. The Labute approximate surface area is 157 Å². The second-order valence-corrected chi connectivity index (χ2v) is 7.92. The third-order valence-corrected chi connectivity index (χ3v) is 5.51. The van der Waals surface area contributed by atoms with Gasteiger partial charge in [-0.1, -0.05) is 24.3 Å². The third-order valence-electron chi connectivity index (χ3n) is 4.08. The maximum Gasteiger partial charge on any atom is 0.506 e. The Morgan fingerprint density at radius 2 is 1.96 bits per heavy atom. The maximum atomic E-state index is 12.5. The quantitative estimate of drug-likeness (QED) is 0.447. The highest BCUT2D eigenvalue weighted by atomic mass is 32.1. The van der Waals surface area contributed by atoms with Crippen molar-refractivity contribution in [1.29, 1.82) is 0 Å². The Hall–Kier alpha value is -1.63. The Kier molecular flexibility index (Phi) is 7.87. The van der Waals surface area contributed by atoms with E-state index in [4.69, 9.17) is 4.74 Å². The number of ether oxygens (including phenoxy) is 1. The predicted octanol–water partition coefficient (Wildman–Crippen LogP) is 2.78. The molecule has 1 heterocycles.